The lowest BCUT2D eigenvalue weighted by Gasteiger charge is -2.17. The number of amides is 1. The third-order valence-corrected chi connectivity index (χ3v) is 3.04. The first-order valence-electron chi connectivity index (χ1n) is 6.89. The maximum atomic E-state index is 13.9. The Bertz CT molecular complexity index is 649. The fourth-order valence-corrected chi connectivity index (χ4v) is 1.91. The van der Waals surface area contributed by atoms with E-state index >= 15 is 0 Å². The normalized spacial score (nSPS) is 12.6. The number of hydrogen-bond donors (Lipinski definition) is 0. The van der Waals surface area contributed by atoms with Gasteiger partial charge in [-0.2, -0.15) is 0 Å². The molecule has 1 aromatic rings. The van der Waals surface area contributed by atoms with Crippen molar-refractivity contribution in [2.45, 2.75) is 13.3 Å². The predicted molar refractivity (Wildman–Crippen MR) is 80.1 cm³/mol. The Labute approximate surface area is 128 Å². The average molecular weight is 304 g/mol. The van der Waals surface area contributed by atoms with Gasteiger partial charge in [-0.05, 0) is 18.6 Å². The summed E-state index contributed by atoms with van der Waals surface area (Å²) in [5.74, 6) is -0.210. The molecular weight excluding hydrogens is 287 g/mol. The molecule has 1 heterocycles. The van der Waals surface area contributed by atoms with E-state index in [1.807, 2.05) is 6.92 Å². The Morgan fingerprint density at radius 1 is 1.50 bits per heavy atom. The molecule has 1 amide bonds. The number of hydrogen-bond acceptors (Lipinski definition) is 4. The summed E-state index contributed by atoms with van der Waals surface area (Å²) in [7, 11) is 1.63. The highest BCUT2D eigenvalue weighted by molar-refractivity contribution is 5.98. The molecule has 22 heavy (non-hydrogen) atoms. The Morgan fingerprint density at radius 3 is 2.95 bits per heavy atom. The minimum Gasteiger partial charge on any atom is -0.494 e. The number of oxime groups is 1. The summed E-state index contributed by atoms with van der Waals surface area (Å²) in [6, 6.07) is 4.51. The molecule has 1 aliphatic rings. The number of carbonyl (C=O) groups excluding carboxylic acids is 1. The van der Waals surface area contributed by atoms with Crippen molar-refractivity contribution in [3.63, 3.8) is 0 Å². The van der Waals surface area contributed by atoms with Crippen LogP contribution in [-0.2, 0) is 16.1 Å². The lowest BCUT2D eigenvalue weighted by atomic mass is 10.1. The lowest BCUT2D eigenvalue weighted by molar-refractivity contribution is -0.128. The molecule has 116 valence electrons. The van der Waals surface area contributed by atoms with Crippen molar-refractivity contribution in [2.75, 3.05) is 20.2 Å². The zero-order valence-electron chi connectivity index (χ0n) is 12.5. The van der Waals surface area contributed by atoms with Crippen molar-refractivity contribution >= 4 is 11.6 Å². The monoisotopic (exact) mass is 304 g/mol. The highest BCUT2D eigenvalue weighted by atomic mass is 19.1. The van der Waals surface area contributed by atoms with Crippen LogP contribution in [0.3, 0.4) is 0 Å². The van der Waals surface area contributed by atoms with Crippen LogP contribution in [0.2, 0.25) is 0 Å². The minimum absolute atomic E-state index is 0.0254. The van der Waals surface area contributed by atoms with Crippen LogP contribution in [-0.4, -0.2) is 36.7 Å². The average Bonchev–Trinajstić information content (AvgIpc) is 2.51. The van der Waals surface area contributed by atoms with E-state index in [0.29, 0.717) is 23.6 Å². The fraction of sp³-hybridized carbons (Fsp3) is 0.312. The van der Waals surface area contributed by atoms with Crippen molar-refractivity contribution in [3.8, 4) is 5.75 Å². The van der Waals surface area contributed by atoms with E-state index in [4.69, 9.17) is 9.57 Å². The second kappa shape index (κ2) is 7.43. The summed E-state index contributed by atoms with van der Waals surface area (Å²) in [5.41, 5.74) is 3.65. The molecule has 5 nitrogen and oxygen atoms in total. The Kier molecular flexibility index (Phi) is 5.33. The lowest BCUT2D eigenvalue weighted by Crippen LogP contribution is -2.33. The zero-order chi connectivity index (χ0) is 15.9. The van der Waals surface area contributed by atoms with Gasteiger partial charge >= 0.3 is 0 Å². The maximum absolute atomic E-state index is 13.9. The number of ether oxygens (including phenoxy) is 1. The van der Waals surface area contributed by atoms with Gasteiger partial charge in [0.25, 0.3) is 0 Å². The van der Waals surface area contributed by atoms with Crippen molar-refractivity contribution in [1.82, 2.24) is 4.90 Å². The van der Waals surface area contributed by atoms with E-state index in [2.05, 4.69) is 10.9 Å². The summed E-state index contributed by atoms with van der Waals surface area (Å²) >= 11 is 0. The van der Waals surface area contributed by atoms with Gasteiger partial charge in [0.2, 0.25) is 5.91 Å². The zero-order valence-corrected chi connectivity index (χ0v) is 12.5. The van der Waals surface area contributed by atoms with Gasteiger partial charge in [0, 0.05) is 19.2 Å². The van der Waals surface area contributed by atoms with Gasteiger partial charge in [-0.15, -0.1) is 0 Å². The summed E-state index contributed by atoms with van der Waals surface area (Å²) < 4.78 is 19.2. The van der Waals surface area contributed by atoms with E-state index in [1.165, 1.54) is 17.2 Å². The van der Waals surface area contributed by atoms with Crippen LogP contribution in [0.1, 0.15) is 12.5 Å². The summed E-state index contributed by atoms with van der Waals surface area (Å²) in [5, 5.41) is 3.77. The van der Waals surface area contributed by atoms with Crippen LogP contribution < -0.4 is 4.74 Å². The van der Waals surface area contributed by atoms with Crippen LogP contribution in [0.25, 0.3) is 0 Å². The molecule has 0 aliphatic carbocycles. The van der Waals surface area contributed by atoms with Gasteiger partial charge < -0.3 is 14.5 Å². The summed E-state index contributed by atoms with van der Waals surface area (Å²) in [6.07, 6.45) is 2.92. The van der Waals surface area contributed by atoms with Crippen molar-refractivity contribution < 1.29 is 18.8 Å². The fourth-order valence-electron chi connectivity index (χ4n) is 1.91. The van der Waals surface area contributed by atoms with E-state index in [9.17, 15) is 9.18 Å². The van der Waals surface area contributed by atoms with E-state index in [1.54, 1.807) is 25.3 Å². The number of rotatable bonds is 6. The molecule has 0 bridgehead atoms. The molecule has 0 saturated heterocycles. The molecule has 0 unspecified atom stereocenters. The maximum Gasteiger partial charge on any atom is 0.227 e. The minimum atomic E-state index is -0.450. The van der Waals surface area contributed by atoms with Gasteiger partial charge in [-0.1, -0.05) is 17.0 Å². The number of likely N-dealkylation sites (N-methyl/N-ethyl adjacent to an activating group) is 1. The smallest absolute Gasteiger partial charge is 0.227 e. The van der Waals surface area contributed by atoms with Gasteiger partial charge in [0.1, 0.15) is 17.3 Å². The largest absolute Gasteiger partial charge is 0.494 e. The highest BCUT2D eigenvalue weighted by Crippen LogP contribution is 2.17. The van der Waals surface area contributed by atoms with Gasteiger partial charge in [-0.25, -0.2) is 4.39 Å². The number of carbonyl (C=O) groups is 1. The molecular formula is C16H17FN2O3. The summed E-state index contributed by atoms with van der Waals surface area (Å²) in [6.45, 7) is 2.57. The van der Waals surface area contributed by atoms with E-state index < -0.39 is 5.82 Å². The molecule has 6 heteroatoms. The van der Waals surface area contributed by atoms with Crippen LogP contribution in [0.4, 0.5) is 4.39 Å². The van der Waals surface area contributed by atoms with E-state index in [-0.39, 0.29) is 18.9 Å². The number of benzene rings is 1. The third kappa shape index (κ3) is 4.20. The van der Waals surface area contributed by atoms with Crippen molar-refractivity contribution in [1.29, 1.82) is 0 Å². The highest BCUT2D eigenvalue weighted by Gasteiger charge is 2.15. The Morgan fingerprint density at radius 2 is 2.32 bits per heavy atom. The van der Waals surface area contributed by atoms with Crippen molar-refractivity contribution in [3.05, 3.63) is 47.6 Å². The Balaban J connectivity index is 1.97. The topological polar surface area (TPSA) is 51.1 Å². The molecule has 0 atom stereocenters. The molecule has 0 N–H and O–H groups in total. The molecule has 2 rings (SSSR count). The van der Waals surface area contributed by atoms with Crippen LogP contribution in [0.15, 0.2) is 41.4 Å². The molecule has 1 aromatic carbocycles. The first kappa shape index (κ1) is 15.8. The second-order valence-electron chi connectivity index (χ2n) is 4.73. The SMILES string of the molecule is CCOc1ccc(CC(=O)N(C)CC2=NOC=C=C2)c(F)c1. The van der Waals surface area contributed by atoms with Crippen LogP contribution in [0.5, 0.6) is 5.75 Å². The standard InChI is InChI=1S/C16H17FN2O3/c1-3-21-14-7-6-12(15(17)10-14)9-16(20)19(2)11-13-5-4-8-22-18-13/h5-8,10H,3,9,11H2,1-2H3. The Hall–Kier alpha value is -2.59. The second-order valence-corrected chi connectivity index (χ2v) is 4.73. The first-order valence-corrected chi connectivity index (χ1v) is 6.89. The molecule has 0 saturated carbocycles. The predicted octanol–water partition coefficient (Wildman–Crippen LogP) is 2.28. The number of halogens is 1. The number of nitrogens with zero attached hydrogens (tertiary/aromatic N) is 2. The quantitative estimate of drug-likeness (QED) is 0.758. The first-order chi connectivity index (χ1) is 10.6. The third-order valence-electron chi connectivity index (χ3n) is 3.04. The molecule has 0 radical (unpaired) electrons. The summed E-state index contributed by atoms with van der Waals surface area (Å²) in [4.78, 5) is 18.3. The molecule has 0 fully saturated rings. The van der Waals surface area contributed by atoms with Crippen LogP contribution in [0, 0.1) is 5.82 Å². The van der Waals surface area contributed by atoms with Gasteiger partial charge in [0.05, 0.1) is 19.6 Å². The van der Waals surface area contributed by atoms with Crippen molar-refractivity contribution in [2.24, 2.45) is 5.16 Å². The molecule has 0 aromatic heterocycles. The van der Waals surface area contributed by atoms with Crippen LogP contribution >= 0.6 is 0 Å². The van der Waals surface area contributed by atoms with Gasteiger partial charge in [-0.3, -0.25) is 4.79 Å². The molecule has 0 spiro atoms. The molecule has 1 aliphatic heterocycles. The van der Waals surface area contributed by atoms with E-state index in [0.717, 1.165) is 0 Å². The van der Waals surface area contributed by atoms with Gasteiger partial charge in [0.15, 0.2) is 6.26 Å².